The van der Waals surface area contributed by atoms with Gasteiger partial charge in [-0.3, -0.25) is 0 Å². The molecule has 0 unspecified atom stereocenters. The Morgan fingerprint density at radius 3 is 2.77 bits per heavy atom. The molecule has 1 nitrogen and oxygen atoms in total. The number of fused-ring (bicyclic) bond motifs is 1. The third-order valence-electron chi connectivity index (χ3n) is 2.96. The predicted molar refractivity (Wildman–Crippen MR) is 55.8 cm³/mol. The van der Waals surface area contributed by atoms with Gasteiger partial charge in [0.1, 0.15) is 0 Å². The van der Waals surface area contributed by atoms with Crippen LogP contribution in [0, 0.1) is 0 Å². The van der Waals surface area contributed by atoms with E-state index in [9.17, 15) is 0 Å². The quantitative estimate of drug-likeness (QED) is 0.634. The third kappa shape index (κ3) is 1.61. The first-order valence-corrected chi connectivity index (χ1v) is 5.03. The SMILES string of the molecule is CN(C)[C@@H]1CCCc2ccccc21. The van der Waals surface area contributed by atoms with E-state index in [2.05, 4.69) is 43.3 Å². The second-order valence-electron chi connectivity index (χ2n) is 4.07. The first kappa shape index (κ1) is 8.76. The molecule has 1 aliphatic carbocycles. The monoisotopic (exact) mass is 175 g/mol. The minimum absolute atomic E-state index is 0.643. The smallest absolute Gasteiger partial charge is 0.0344 e. The van der Waals surface area contributed by atoms with Crippen LogP contribution in [0.15, 0.2) is 24.3 Å². The highest BCUT2D eigenvalue weighted by atomic mass is 15.1. The van der Waals surface area contributed by atoms with E-state index in [-0.39, 0.29) is 0 Å². The highest BCUT2D eigenvalue weighted by Crippen LogP contribution is 2.32. The van der Waals surface area contributed by atoms with Gasteiger partial charge >= 0.3 is 0 Å². The van der Waals surface area contributed by atoms with E-state index >= 15 is 0 Å². The van der Waals surface area contributed by atoms with Crippen molar-refractivity contribution in [3.05, 3.63) is 35.4 Å². The maximum absolute atomic E-state index is 2.33. The van der Waals surface area contributed by atoms with Gasteiger partial charge in [0, 0.05) is 6.04 Å². The van der Waals surface area contributed by atoms with E-state index < -0.39 is 0 Å². The molecular weight excluding hydrogens is 158 g/mol. The molecule has 1 aliphatic rings. The van der Waals surface area contributed by atoms with E-state index in [1.807, 2.05) is 0 Å². The molecule has 0 aromatic heterocycles. The van der Waals surface area contributed by atoms with Gasteiger partial charge in [0.15, 0.2) is 0 Å². The first-order chi connectivity index (χ1) is 6.29. The lowest BCUT2D eigenvalue weighted by atomic mass is 9.87. The van der Waals surface area contributed by atoms with Crippen LogP contribution in [-0.4, -0.2) is 19.0 Å². The second kappa shape index (κ2) is 3.51. The highest BCUT2D eigenvalue weighted by Gasteiger charge is 2.20. The summed E-state index contributed by atoms with van der Waals surface area (Å²) in [5.74, 6) is 0. The molecule has 13 heavy (non-hydrogen) atoms. The molecule has 0 aliphatic heterocycles. The number of aryl methyl sites for hydroxylation is 1. The average molecular weight is 175 g/mol. The number of hydrogen-bond donors (Lipinski definition) is 0. The fourth-order valence-corrected chi connectivity index (χ4v) is 2.26. The molecule has 0 saturated heterocycles. The minimum atomic E-state index is 0.643. The van der Waals surface area contributed by atoms with Crippen molar-refractivity contribution in [2.24, 2.45) is 0 Å². The van der Waals surface area contributed by atoms with Crippen molar-refractivity contribution < 1.29 is 0 Å². The van der Waals surface area contributed by atoms with Gasteiger partial charge in [-0.1, -0.05) is 24.3 Å². The Balaban J connectivity index is 2.37. The van der Waals surface area contributed by atoms with Gasteiger partial charge in [-0.15, -0.1) is 0 Å². The summed E-state index contributed by atoms with van der Waals surface area (Å²) < 4.78 is 0. The van der Waals surface area contributed by atoms with Gasteiger partial charge in [0.05, 0.1) is 0 Å². The normalized spacial score (nSPS) is 21.6. The minimum Gasteiger partial charge on any atom is -0.302 e. The molecule has 0 N–H and O–H groups in total. The molecule has 0 radical (unpaired) electrons. The zero-order valence-electron chi connectivity index (χ0n) is 8.46. The lowest BCUT2D eigenvalue weighted by molar-refractivity contribution is 0.268. The predicted octanol–water partition coefficient (Wildman–Crippen LogP) is 2.63. The van der Waals surface area contributed by atoms with E-state index in [1.165, 1.54) is 19.3 Å². The maximum atomic E-state index is 2.33. The second-order valence-corrected chi connectivity index (χ2v) is 4.07. The Labute approximate surface area is 80.4 Å². The lowest BCUT2D eigenvalue weighted by Gasteiger charge is -2.30. The van der Waals surface area contributed by atoms with Gasteiger partial charge in [0.2, 0.25) is 0 Å². The summed E-state index contributed by atoms with van der Waals surface area (Å²) in [6, 6.07) is 9.49. The zero-order valence-corrected chi connectivity index (χ0v) is 8.46. The van der Waals surface area contributed by atoms with Crippen LogP contribution in [-0.2, 0) is 6.42 Å². The number of nitrogens with zero attached hydrogens (tertiary/aromatic N) is 1. The summed E-state index contributed by atoms with van der Waals surface area (Å²) in [6.07, 6.45) is 3.91. The largest absolute Gasteiger partial charge is 0.302 e. The van der Waals surface area contributed by atoms with Crippen molar-refractivity contribution in [3.63, 3.8) is 0 Å². The molecule has 70 valence electrons. The molecule has 0 fully saturated rings. The van der Waals surface area contributed by atoms with Crippen molar-refractivity contribution in [3.8, 4) is 0 Å². The van der Waals surface area contributed by atoms with Crippen molar-refractivity contribution in [2.75, 3.05) is 14.1 Å². The molecule has 0 saturated carbocycles. The van der Waals surface area contributed by atoms with Crippen LogP contribution in [0.3, 0.4) is 0 Å². The van der Waals surface area contributed by atoms with Crippen molar-refractivity contribution >= 4 is 0 Å². The fraction of sp³-hybridized carbons (Fsp3) is 0.500. The summed E-state index contributed by atoms with van der Waals surface area (Å²) in [5.41, 5.74) is 3.09. The molecule has 1 aromatic carbocycles. The van der Waals surface area contributed by atoms with Crippen LogP contribution in [0.25, 0.3) is 0 Å². The molecule has 0 heterocycles. The Bertz CT molecular complexity index is 291. The Morgan fingerprint density at radius 2 is 2.00 bits per heavy atom. The van der Waals surface area contributed by atoms with Crippen molar-refractivity contribution in [1.29, 1.82) is 0 Å². The summed E-state index contributed by atoms with van der Waals surface area (Å²) in [5, 5.41) is 0. The summed E-state index contributed by atoms with van der Waals surface area (Å²) >= 11 is 0. The van der Waals surface area contributed by atoms with Gasteiger partial charge in [-0.05, 0) is 44.5 Å². The average Bonchev–Trinajstić information content (AvgIpc) is 2.17. The molecule has 1 heteroatoms. The van der Waals surface area contributed by atoms with Crippen LogP contribution in [0.2, 0.25) is 0 Å². The van der Waals surface area contributed by atoms with Gasteiger partial charge in [-0.25, -0.2) is 0 Å². The van der Waals surface area contributed by atoms with Crippen LogP contribution >= 0.6 is 0 Å². The zero-order chi connectivity index (χ0) is 9.26. The third-order valence-corrected chi connectivity index (χ3v) is 2.96. The maximum Gasteiger partial charge on any atom is 0.0344 e. The Kier molecular flexibility index (Phi) is 2.36. The Morgan fingerprint density at radius 1 is 1.23 bits per heavy atom. The van der Waals surface area contributed by atoms with Crippen LogP contribution in [0.1, 0.15) is 30.0 Å². The molecule has 0 amide bonds. The highest BCUT2D eigenvalue weighted by molar-refractivity contribution is 5.32. The van der Waals surface area contributed by atoms with Gasteiger partial charge < -0.3 is 4.90 Å². The number of hydrogen-bond acceptors (Lipinski definition) is 1. The standard InChI is InChI=1S/C12H17N/c1-13(2)12-9-5-7-10-6-3-4-8-11(10)12/h3-4,6,8,12H,5,7,9H2,1-2H3/t12-/m1/s1. The van der Waals surface area contributed by atoms with Crippen LogP contribution < -0.4 is 0 Å². The summed E-state index contributed by atoms with van der Waals surface area (Å²) in [6.45, 7) is 0. The number of rotatable bonds is 1. The number of benzene rings is 1. The first-order valence-electron chi connectivity index (χ1n) is 5.03. The van der Waals surface area contributed by atoms with Gasteiger partial charge in [0.25, 0.3) is 0 Å². The van der Waals surface area contributed by atoms with Crippen LogP contribution in [0.4, 0.5) is 0 Å². The van der Waals surface area contributed by atoms with Crippen LogP contribution in [0.5, 0.6) is 0 Å². The summed E-state index contributed by atoms with van der Waals surface area (Å²) in [4.78, 5) is 2.33. The molecule has 0 bridgehead atoms. The molecule has 1 atom stereocenters. The molecule has 1 aromatic rings. The van der Waals surface area contributed by atoms with E-state index in [0.29, 0.717) is 6.04 Å². The van der Waals surface area contributed by atoms with E-state index in [4.69, 9.17) is 0 Å². The lowest BCUT2D eigenvalue weighted by Crippen LogP contribution is -2.23. The van der Waals surface area contributed by atoms with Gasteiger partial charge in [-0.2, -0.15) is 0 Å². The summed E-state index contributed by atoms with van der Waals surface area (Å²) in [7, 11) is 4.35. The Hall–Kier alpha value is -0.820. The fourth-order valence-electron chi connectivity index (χ4n) is 2.26. The van der Waals surface area contributed by atoms with E-state index in [1.54, 1.807) is 11.1 Å². The molecular formula is C12H17N. The van der Waals surface area contributed by atoms with Crippen molar-refractivity contribution in [1.82, 2.24) is 4.90 Å². The van der Waals surface area contributed by atoms with Crippen molar-refractivity contribution in [2.45, 2.75) is 25.3 Å². The molecule has 0 spiro atoms. The molecule has 2 rings (SSSR count). The topological polar surface area (TPSA) is 3.24 Å². The van der Waals surface area contributed by atoms with E-state index in [0.717, 1.165) is 0 Å².